The average Bonchev–Trinajstić information content (AvgIpc) is 2.75. The number of methoxy groups -OCH3 is 1. The molecule has 8 heteroatoms. The van der Waals surface area contributed by atoms with Gasteiger partial charge in [-0.3, -0.25) is 0 Å². The standard InChI is InChI=1S/C14H13F3N2O3/c1-8-12(13(20)21)11(7-22-2)18-19(8)10-5-3-4-9(6-10)14(15,16)17/h3-6H,7H2,1-2H3,(H,20,21). The summed E-state index contributed by atoms with van der Waals surface area (Å²) < 4.78 is 44.4. The normalized spacial score (nSPS) is 11.7. The number of ether oxygens (including phenoxy) is 1. The van der Waals surface area contributed by atoms with Gasteiger partial charge in [-0.05, 0) is 25.1 Å². The van der Waals surface area contributed by atoms with Gasteiger partial charge in [0.15, 0.2) is 0 Å². The maximum Gasteiger partial charge on any atom is 0.416 e. The number of rotatable bonds is 4. The van der Waals surface area contributed by atoms with E-state index in [1.54, 1.807) is 0 Å². The first-order chi connectivity index (χ1) is 10.3. The van der Waals surface area contributed by atoms with Crippen LogP contribution in [0.3, 0.4) is 0 Å². The van der Waals surface area contributed by atoms with Crippen LogP contribution in [0, 0.1) is 6.92 Å². The highest BCUT2D eigenvalue weighted by Crippen LogP contribution is 2.30. The van der Waals surface area contributed by atoms with Crippen molar-refractivity contribution in [1.82, 2.24) is 9.78 Å². The minimum Gasteiger partial charge on any atom is -0.478 e. The minimum atomic E-state index is -4.48. The molecule has 0 saturated heterocycles. The molecule has 5 nitrogen and oxygen atoms in total. The van der Waals surface area contributed by atoms with E-state index in [-0.39, 0.29) is 29.2 Å². The molecule has 1 aromatic carbocycles. The fraction of sp³-hybridized carbons (Fsp3) is 0.286. The van der Waals surface area contributed by atoms with Crippen LogP contribution >= 0.6 is 0 Å². The summed E-state index contributed by atoms with van der Waals surface area (Å²) in [5.74, 6) is -1.21. The fourth-order valence-corrected chi connectivity index (χ4v) is 2.14. The molecule has 0 amide bonds. The summed E-state index contributed by atoms with van der Waals surface area (Å²) >= 11 is 0. The first-order valence-corrected chi connectivity index (χ1v) is 6.24. The van der Waals surface area contributed by atoms with Crippen LogP contribution in [-0.2, 0) is 17.5 Å². The van der Waals surface area contributed by atoms with Gasteiger partial charge in [0.25, 0.3) is 0 Å². The number of carboxylic acids is 1. The molecule has 1 aromatic heterocycles. The molecule has 0 radical (unpaired) electrons. The predicted octanol–water partition coefficient (Wildman–Crippen LogP) is 3.04. The summed E-state index contributed by atoms with van der Waals surface area (Å²) in [5.41, 5.74) is -0.370. The molecular weight excluding hydrogens is 301 g/mol. The Labute approximate surface area is 123 Å². The molecule has 2 rings (SSSR count). The van der Waals surface area contributed by atoms with Gasteiger partial charge in [0.1, 0.15) is 11.3 Å². The van der Waals surface area contributed by atoms with Gasteiger partial charge in [-0.25, -0.2) is 9.48 Å². The molecule has 0 unspecified atom stereocenters. The Bertz CT molecular complexity index is 708. The minimum absolute atomic E-state index is 0.0472. The van der Waals surface area contributed by atoms with Crippen molar-refractivity contribution in [3.8, 4) is 5.69 Å². The number of aromatic carboxylic acids is 1. The summed E-state index contributed by atoms with van der Waals surface area (Å²) in [7, 11) is 1.38. The Hall–Kier alpha value is -2.35. The zero-order chi connectivity index (χ0) is 16.5. The maximum absolute atomic E-state index is 12.8. The van der Waals surface area contributed by atoms with E-state index >= 15 is 0 Å². The summed E-state index contributed by atoms with van der Waals surface area (Å²) in [6.07, 6.45) is -4.48. The van der Waals surface area contributed by atoms with Crippen LogP contribution in [0.1, 0.15) is 27.3 Å². The van der Waals surface area contributed by atoms with Crippen molar-refractivity contribution >= 4 is 5.97 Å². The first-order valence-electron chi connectivity index (χ1n) is 6.24. The summed E-state index contributed by atoms with van der Waals surface area (Å²) in [5, 5.41) is 13.3. The van der Waals surface area contributed by atoms with Crippen molar-refractivity contribution in [3.63, 3.8) is 0 Å². The van der Waals surface area contributed by atoms with E-state index in [1.165, 1.54) is 30.8 Å². The Balaban J connectivity index is 2.58. The molecule has 0 aliphatic heterocycles. The lowest BCUT2D eigenvalue weighted by Gasteiger charge is -2.09. The van der Waals surface area contributed by atoms with Gasteiger partial charge < -0.3 is 9.84 Å². The van der Waals surface area contributed by atoms with Gasteiger partial charge in [0, 0.05) is 7.11 Å². The van der Waals surface area contributed by atoms with Crippen molar-refractivity contribution in [1.29, 1.82) is 0 Å². The third kappa shape index (κ3) is 2.96. The number of nitrogens with zero attached hydrogens (tertiary/aromatic N) is 2. The van der Waals surface area contributed by atoms with Crippen LogP contribution in [0.15, 0.2) is 24.3 Å². The van der Waals surface area contributed by atoms with Crippen molar-refractivity contribution in [2.45, 2.75) is 19.7 Å². The second kappa shape index (κ2) is 5.80. The monoisotopic (exact) mass is 314 g/mol. The third-order valence-corrected chi connectivity index (χ3v) is 3.10. The largest absolute Gasteiger partial charge is 0.478 e. The number of benzene rings is 1. The van der Waals surface area contributed by atoms with E-state index in [9.17, 15) is 23.1 Å². The van der Waals surface area contributed by atoms with Crippen LogP contribution in [-0.4, -0.2) is 28.0 Å². The number of hydrogen-bond acceptors (Lipinski definition) is 3. The first kappa shape index (κ1) is 16.0. The highest BCUT2D eigenvalue weighted by atomic mass is 19.4. The SMILES string of the molecule is COCc1nn(-c2cccc(C(F)(F)F)c2)c(C)c1C(=O)O. The number of halogens is 3. The van der Waals surface area contributed by atoms with Crippen LogP contribution in [0.4, 0.5) is 13.2 Å². The smallest absolute Gasteiger partial charge is 0.416 e. The predicted molar refractivity (Wildman–Crippen MR) is 71.0 cm³/mol. The van der Waals surface area contributed by atoms with Gasteiger partial charge in [-0.2, -0.15) is 18.3 Å². The van der Waals surface area contributed by atoms with E-state index in [0.29, 0.717) is 0 Å². The topological polar surface area (TPSA) is 64.4 Å². The van der Waals surface area contributed by atoms with E-state index in [4.69, 9.17) is 4.74 Å². The lowest BCUT2D eigenvalue weighted by molar-refractivity contribution is -0.137. The molecule has 0 fully saturated rings. The third-order valence-electron chi connectivity index (χ3n) is 3.10. The number of carbonyl (C=O) groups is 1. The highest BCUT2D eigenvalue weighted by Gasteiger charge is 2.31. The van der Waals surface area contributed by atoms with E-state index in [1.807, 2.05) is 0 Å². The lowest BCUT2D eigenvalue weighted by Crippen LogP contribution is -2.07. The summed E-state index contributed by atoms with van der Waals surface area (Å²) in [6.45, 7) is 1.43. The molecule has 1 N–H and O–H groups in total. The molecule has 22 heavy (non-hydrogen) atoms. The number of alkyl halides is 3. The molecule has 0 aliphatic carbocycles. The Morgan fingerprint density at radius 3 is 2.64 bits per heavy atom. The van der Waals surface area contributed by atoms with E-state index in [0.717, 1.165) is 12.1 Å². The molecule has 0 atom stereocenters. The quantitative estimate of drug-likeness (QED) is 0.942. The fourth-order valence-electron chi connectivity index (χ4n) is 2.14. The molecule has 0 spiro atoms. The van der Waals surface area contributed by atoms with Crippen molar-refractivity contribution in [2.75, 3.05) is 7.11 Å². The molecule has 1 heterocycles. The summed E-state index contributed by atoms with van der Waals surface area (Å²) in [6, 6.07) is 4.53. The van der Waals surface area contributed by atoms with Gasteiger partial charge in [0.2, 0.25) is 0 Å². The molecule has 118 valence electrons. The second-order valence-corrected chi connectivity index (χ2v) is 4.61. The Kier molecular flexibility index (Phi) is 4.23. The summed E-state index contributed by atoms with van der Waals surface area (Å²) in [4.78, 5) is 11.3. The molecule has 0 aliphatic rings. The number of carboxylic acid groups (broad SMARTS) is 1. The van der Waals surface area contributed by atoms with Gasteiger partial charge >= 0.3 is 12.1 Å². The maximum atomic E-state index is 12.8. The van der Waals surface area contributed by atoms with Crippen LogP contribution in [0.25, 0.3) is 5.69 Å². The molecule has 0 bridgehead atoms. The van der Waals surface area contributed by atoms with Crippen molar-refractivity contribution in [2.24, 2.45) is 0 Å². The van der Waals surface area contributed by atoms with Crippen LogP contribution in [0.2, 0.25) is 0 Å². The average molecular weight is 314 g/mol. The molecule has 2 aromatic rings. The van der Waals surface area contributed by atoms with Crippen molar-refractivity contribution in [3.05, 3.63) is 46.8 Å². The van der Waals surface area contributed by atoms with E-state index in [2.05, 4.69) is 5.10 Å². The zero-order valence-corrected chi connectivity index (χ0v) is 11.8. The Morgan fingerprint density at radius 2 is 2.09 bits per heavy atom. The second-order valence-electron chi connectivity index (χ2n) is 4.61. The van der Waals surface area contributed by atoms with Crippen LogP contribution < -0.4 is 0 Å². The Morgan fingerprint density at radius 1 is 1.41 bits per heavy atom. The van der Waals surface area contributed by atoms with Crippen LogP contribution in [0.5, 0.6) is 0 Å². The molecule has 0 saturated carbocycles. The lowest BCUT2D eigenvalue weighted by atomic mass is 10.1. The van der Waals surface area contributed by atoms with Gasteiger partial charge in [-0.15, -0.1) is 0 Å². The number of hydrogen-bond donors (Lipinski definition) is 1. The molecular formula is C14H13F3N2O3. The zero-order valence-electron chi connectivity index (χ0n) is 11.8. The van der Waals surface area contributed by atoms with Gasteiger partial charge in [-0.1, -0.05) is 6.07 Å². The highest BCUT2D eigenvalue weighted by molar-refractivity contribution is 5.90. The van der Waals surface area contributed by atoms with Crippen molar-refractivity contribution < 1.29 is 27.8 Å². The van der Waals surface area contributed by atoms with E-state index < -0.39 is 17.7 Å². The number of aromatic nitrogens is 2. The van der Waals surface area contributed by atoms with Gasteiger partial charge in [0.05, 0.1) is 23.6 Å².